The molecule has 0 aliphatic carbocycles. The van der Waals surface area contributed by atoms with Gasteiger partial charge in [-0.2, -0.15) is 9.61 Å². The van der Waals surface area contributed by atoms with Gasteiger partial charge in [0.15, 0.2) is 5.65 Å². The molecule has 0 atom stereocenters. The maximum atomic E-state index is 11.3. The molecule has 0 unspecified atom stereocenters. The molecule has 7 heteroatoms. The van der Waals surface area contributed by atoms with E-state index in [1.54, 1.807) is 24.5 Å². The lowest BCUT2D eigenvalue weighted by molar-refractivity contribution is 0.875. The third-order valence-corrected chi connectivity index (χ3v) is 2.47. The zero-order valence-corrected chi connectivity index (χ0v) is 9.37. The average Bonchev–Trinajstić information content (AvgIpc) is 2.79. The van der Waals surface area contributed by atoms with Crippen LogP contribution in [0, 0.1) is 0 Å². The van der Waals surface area contributed by atoms with Crippen LogP contribution in [0.4, 0.5) is 5.82 Å². The maximum Gasteiger partial charge on any atom is 0.364 e. The number of rotatable bonds is 3. The van der Waals surface area contributed by atoms with Gasteiger partial charge in [0.25, 0.3) is 0 Å². The summed E-state index contributed by atoms with van der Waals surface area (Å²) in [6.45, 7) is 0.596. The minimum Gasteiger partial charge on any atom is -0.364 e. The number of H-pyrrole nitrogens is 1. The summed E-state index contributed by atoms with van der Waals surface area (Å²) in [5.41, 5.74) is 1.18. The Labute approximate surface area is 101 Å². The van der Waals surface area contributed by atoms with Crippen molar-refractivity contribution in [2.75, 3.05) is 5.32 Å². The van der Waals surface area contributed by atoms with E-state index in [4.69, 9.17) is 0 Å². The van der Waals surface area contributed by atoms with Gasteiger partial charge in [-0.1, -0.05) is 6.07 Å². The number of nitrogens with one attached hydrogen (secondary N) is 2. The molecule has 7 nitrogen and oxygen atoms in total. The first kappa shape index (κ1) is 10.5. The lowest BCUT2D eigenvalue weighted by atomic mass is 10.3. The van der Waals surface area contributed by atoms with E-state index in [0.717, 1.165) is 5.56 Å². The van der Waals surface area contributed by atoms with E-state index in [0.29, 0.717) is 18.0 Å². The summed E-state index contributed by atoms with van der Waals surface area (Å²) in [6.07, 6.45) is 3.49. The molecule has 3 aromatic rings. The predicted octanol–water partition coefficient (Wildman–Crippen LogP) is 0.425. The van der Waals surface area contributed by atoms with Crippen LogP contribution in [0.25, 0.3) is 5.65 Å². The molecule has 3 heterocycles. The normalized spacial score (nSPS) is 10.7. The Morgan fingerprint density at radius 3 is 3.11 bits per heavy atom. The number of nitrogens with zero attached hydrogens (tertiary/aromatic N) is 4. The minimum atomic E-state index is -0.352. The largest absolute Gasteiger partial charge is 0.364 e. The SMILES string of the molecule is O=c1[nH]nc2ccc(NCc3cccnc3)nn12. The number of hydrogen-bond acceptors (Lipinski definition) is 5. The highest BCUT2D eigenvalue weighted by Crippen LogP contribution is 2.05. The molecular formula is C11H10N6O. The topological polar surface area (TPSA) is 88.0 Å². The van der Waals surface area contributed by atoms with Gasteiger partial charge in [-0.3, -0.25) is 4.98 Å². The maximum absolute atomic E-state index is 11.3. The monoisotopic (exact) mass is 242 g/mol. The predicted molar refractivity (Wildman–Crippen MR) is 65.2 cm³/mol. The van der Waals surface area contributed by atoms with Crippen LogP contribution < -0.4 is 11.0 Å². The summed E-state index contributed by atoms with van der Waals surface area (Å²) in [4.78, 5) is 15.4. The molecule has 0 aliphatic heterocycles. The lowest BCUT2D eigenvalue weighted by Crippen LogP contribution is -2.13. The van der Waals surface area contributed by atoms with E-state index in [1.807, 2.05) is 12.1 Å². The van der Waals surface area contributed by atoms with Gasteiger partial charge >= 0.3 is 5.69 Å². The smallest absolute Gasteiger partial charge is 0.364 e. The zero-order chi connectivity index (χ0) is 12.4. The van der Waals surface area contributed by atoms with Crippen molar-refractivity contribution in [3.05, 3.63) is 52.7 Å². The van der Waals surface area contributed by atoms with Crippen LogP contribution in [0.3, 0.4) is 0 Å². The first-order valence-electron chi connectivity index (χ1n) is 5.40. The van der Waals surface area contributed by atoms with E-state index in [-0.39, 0.29) is 5.69 Å². The molecule has 0 radical (unpaired) electrons. The first-order valence-corrected chi connectivity index (χ1v) is 5.40. The van der Waals surface area contributed by atoms with Crippen molar-refractivity contribution < 1.29 is 0 Å². The molecule has 0 amide bonds. The standard InChI is InChI=1S/C11H10N6O/c18-11-15-14-10-4-3-9(16-17(10)11)13-7-8-2-1-5-12-6-8/h1-6H,7H2,(H,13,16)(H,15,18). The molecule has 0 saturated heterocycles. The van der Waals surface area contributed by atoms with Crippen LogP contribution >= 0.6 is 0 Å². The fourth-order valence-electron chi connectivity index (χ4n) is 1.59. The Kier molecular flexibility index (Phi) is 2.49. The van der Waals surface area contributed by atoms with Gasteiger partial charge in [-0.25, -0.2) is 9.89 Å². The molecule has 0 bridgehead atoms. The van der Waals surface area contributed by atoms with Crippen molar-refractivity contribution in [2.24, 2.45) is 0 Å². The summed E-state index contributed by atoms with van der Waals surface area (Å²) in [7, 11) is 0. The quantitative estimate of drug-likeness (QED) is 0.695. The van der Waals surface area contributed by atoms with E-state index >= 15 is 0 Å². The third-order valence-electron chi connectivity index (χ3n) is 2.47. The third kappa shape index (κ3) is 1.93. The van der Waals surface area contributed by atoms with Crippen LogP contribution in [0.15, 0.2) is 41.5 Å². The van der Waals surface area contributed by atoms with Crippen molar-refractivity contribution in [1.82, 2.24) is 24.8 Å². The van der Waals surface area contributed by atoms with Crippen molar-refractivity contribution in [3.8, 4) is 0 Å². The Balaban J connectivity index is 1.83. The summed E-state index contributed by atoms with van der Waals surface area (Å²) < 4.78 is 1.21. The molecule has 2 N–H and O–H groups in total. The Morgan fingerprint density at radius 1 is 1.33 bits per heavy atom. The molecule has 3 rings (SSSR count). The van der Waals surface area contributed by atoms with E-state index in [2.05, 4.69) is 25.6 Å². The van der Waals surface area contributed by atoms with Crippen LogP contribution in [-0.2, 0) is 6.54 Å². The summed E-state index contributed by atoms with van der Waals surface area (Å²) in [5.74, 6) is 0.606. The van der Waals surface area contributed by atoms with Crippen LogP contribution in [0.5, 0.6) is 0 Å². The zero-order valence-electron chi connectivity index (χ0n) is 9.37. The van der Waals surface area contributed by atoms with Gasteiger partial charge < -0.3 is 5.32 Å². The molecular weight excluding hydrogens is 232 g/mol. The Morgan fingerprint density at radius 2 is 2.28 bits per heavy atom. The fraction of sp³-hybridized carbons (Fsp3) is 0.0909. The highest BCUT2D eigenvalue weighted by atomic mass is 16.2. The van der Waals surface area contributed by atoms with Gasteiger partial charge in [-0.15, -0.1) is 5.10 Å². The number of aromatic nitrogens is 5. The van der Waals surface area contributed by atoms with Crippen molar-refractivity contribution >= 4 is 11.5 Å². The second kappa shape index (κ2) is 4.28. The second-order valence-corrected chi connectivity index (χ2v) is 3.73. The first-order chi connectivity index (χ1) is 8.83. The Hall–Kier alpha value is -2.70. The van der Waals surface area contributed by atoms with E-state index < -0.39 is 0 Å². The summed E-state index contributed by atoms with van der Waals surface area (Å²) >= 11 is 0. The summed E-state index contributed by atoms with van der Waals surface area (Å²) in [6, 6.07) is 7.32. The minimum absolute atomic E-state index is 0.352. The molecule has 3 aromatic heterocycles. The van der Waals surface area contributed by atoms with Crippen LogP contribution in [0.2, 0.25) is 0 Å². The number of aromatic amines is 1. The molecule has 0 saturated carbocycles. The van der Waals surface area contributed by atoms with Crippen molar-refractivity contribution in [1.29, 1.82) is 0 Å². The summed E-state index contributed by atoms with van der Waals surface area (Å²) in [5, 5.41) is 13.4. The number of hydrogen-bond donors (Lipinski definition) is 2. The average molecular weight is 242 g/mol. The molecule has 90 valence electrons. The van der Waals surface area contributed by atoms with Crippen LogP contribution in [-0.4, -0.2) is 24.8 Å². The van der Waals surface area contributed by atoms with Crippen molar-refractivity contribution in [2.45, 2.75) is 6.54 Å². The molecule has 0 aliphatic rings. The molecule has 0 aromatic carbocycles. The second-order valence-electron chi connectivity index (χ2n) is 3.73. The lowest BCUT2D eigenvalue weighted by Gasteiger charge is -2.04. The molecule has 0 spiro atoms. The highest BCUT2D eigenvalue weighted by Gasteiger charge is 2.02. The number of fused-ring (bicyclic) bond motifs is 1. The molecule has 0 fully saturated rings. The van der Waals surface area contributed by atoms with Gasteiger partial charge in [0.1, 0.15) is 5.82 Å². The van der Waals surface area contributed by atoms with E-state index in [1.165, 1.54) is 4.52 Å². The van der Waals surface area contributed by atoms with Gasteiger partial charge in [0, 0.05) is 18.9 Å². The molecule has 18 heavy (non-hydrogen) atoms. The fourth-order valence-corrected chi connectivity index (χ4v) is 1.59. The Bertz CT molecular complexity index is 717. The van der Waals surface area contributed by atoms with E-state index in [9.17, 15) is 4.79 Å². The van der Waals surface area contributed by atoms with Crippen LogP contribution in [0.1, 0.15) is 5.56 Å². The van der Waals surface area contributed by atoms with Gasteiger partial charge in [0.2, 0.25) is 0 Å². The number of anilines is 1. The van der Waals surface area contributed by atoms with Crippen molar-refractivity contribution in [3.63, 3.8) is 0 Å². The van der Waals surface area contributed by atoms with Gasteiger partial charge in [-0.05, 0) is 23.8 Å². The van der Waals surface area contributed by atoms with Gasteiger partial charge in [0.05, 0.1) is 0 Å². The highest BCUT2D eigenvalue weighted by molar-refractivity contribution is 5.43. The number of pyridine rings is 1.